The van der Waals surface area contributed by atoms with Crippen molar-refractivity contribution in [3.8, 4) is 0 Å². The summed E-state index contributed by atoms with van der Waals surface area (Å²) in [7, 11) is 4.74. The van der Waals surface area contributed by atoms with E-state index in [1.807, 2.05) is 39.0 Å². The van der Waals surface area contributed by atoms with Gasteiger partial charge in [-0.25, -0.2) is 4.79 Å². The molecule has 0 aromatic heterocycles. The van der Waals surface area contributed by atoms with Crippen LogP contribution in [0, 0.1) is 29.6 Å². The number of carboxylic acid groups (broad SMARTS) is 1. The van der Waals surface area contributed by atoms with Crippen LogP contribution in [0.1, 0.15) is 125 Å². The number of piperidine rings is 1. The molecule has 0 aromatic rings. The molecule has 346 valence electrons. The molecule has 4 aliphatic rings. The molecular formula is C47H75NO13. The Morgan fingerprint density at radius 2 is 1.61 bits per heavy atom. The second-order valence-electron chi connectivity index (χ2n) is 18.5. The topological polar surface area (TPSA) is 199 Å². The first-order valence-corrected chi connectivity index (χ1v) is 22.5. The van der Waals surface area contributed by atoms with Crippen LogP contribution in [0.5, 0.6) is 0 Å². The van der Waals surface area contributed by atoms with Crippen LogP contribution in [0.4, 0.5) is 0 Å². The van der Waals surface area contributed by atoms with E-state index in [0.29, 0.717) is 82.7 Å². The lowest BCUT2D eigenvalue weighted by atomic mass is 9.81. The number of rotatable bonds is 10. The van der Waals surface area contributed by atoms with Crippen LogP contribution in [-0.2, 0) is 42.9 Å². The molecule has 1 amide bonds. The van der Waals surface area contributed by atoms with Gasteiger partial charge in [0.05, 0.1) is 36.9 Å². The molecule has 61 heavy (non-hydrogen) atoms. The van der Waals surface area contributed by atoms with Gasteiger partial charge in [-0.15, -0.1) is 0 Å². The van der Waals surface area contributed by atoms with E-state index in [1.54, 1.807) is 34.3 Å². The summed E-state index contributed by atoms with van der Waals surface area (Å²) in [5, 5.41) is 43.6. The first-order valence-electron chi connectivity index (χ1n) is 22.5. The molecule has 3 fully saturated rings. The molecule has 14 nitrogen and oxygen atoms in total. The second kappa shape index (κ2) is 23.6. The molecule has 0 spiro atoms. The summed E-state index contributed by atoms with van der Waals surface area (Å²) in [6.07, 6.45) is 7.80. The quantitative estimate of drug-likeness (QED) is 0.154. The minimum absolute atomic E-state index is 0.00110. The third-order valence-electron chi connectivity index (χ3n) is 13.6. The van der Waals surface area contributed by atoms with E-state index in [1.165, 1.54) is 4.90 Å². The lowest BCUT2D eigenvalue weighted by molar-refractivity contribution is -0.321. The first kappa shape index (κ1) is 50.7. The Kier molecular flexibility index (Phi) is 19.6. The number of hydrogen-bond acceptors (Lipinski definition) is 12. The van der Waals surface area contributed by atoms with Gasteiger partial charge in [0.15, 0.2) is 5.79 Å². The van der Waals surface area contributed by atoms with Crippen molar-refractivity contribution in [3.63, 3.8) is 0 Å². The lowest BCUT2D eigenvalue weighted by Gasteiger charge is -2.48. The lowest BCUT2D eigenvalue weighted by Crippen LogP contribution is -2.59. The van der Waals surface area contributed by atoms with Crippen molar-refractivity contribution in [2.45, 2.75) is 179 Å². The van der Waals surface area contributed by atoms with Gasteiger partial charge in [0.25, 0.3) is 0 Å². The summed E-state index contributed by atoms with van der Waals surface area (Å²) in [5.74, 6) is -5.84. The summed E-state index contributed by atoms with van der Waals surface area (Å²) in [5.41, 5.74) is 1.63. The third-order valence-corrected chi connectivity index (χ3v) is 13.6. The fourth-order valence-electron chi connectivity index (χ4n) is 9.89. The maximum Gasteiger partial charge on any atom is 0.329 e. The van der Waals surface area contributed by atoms with Gasteiger partial charge in [-0.1, -0.05) is 50.6 Å². The van der Waals surface area contributed by atoms with Crippen LogP contribution in [-0.4, -0.2) is 131 Å². The number of aliphatic hydroxyl groups excluding tert-OH is 2. The average molecular weight is 862 g/mol. The minimum atomic E-state index is -1.86. The first-order chi connectivity index (χ1) is 28.9. The number of aliphatic hydroxyl groups is 3. The number of Topliss-reactive ketones (excluding diaryl/α,β-unsaturated/α-hetero) is 1. The van der Waals surface area contributed by atoms with E-state index < -0.39 is 84.1 Å². The van der Waals surface area contributed by atoms with Gasteiger partial charge in [-0.3, -0.25) is 14.4 Å². The molecule has 0 radical (unpaired) electrons. The van der Waals surface area contributed by atoms with E-state index in [0.717, 1.165) is 5.57 Å². The van der Waals surface area contributed by atoms with Crippen LogP contribution >= 0.6 is 0 Å². The number of methoxy groups -OCH3 is 3. The van der Waals surface area contributed by atoms with E-state index in [2.05, 4.69) is 6.92 Å². The predicted molar refractivity (Wildman–Crippen MR) is 228 cm³/mol. The van der Waals surface area contributed by atoms with Crippen molar-refractivity contribution < 1.29 is 63.3 Å². The predicted octanol–water partition coefficient (Wildman–Crippen LogP) is 5.70. The van der Waals surface area contributed by atoms with Crippen molar-refractivity contribution >= 4 is 23.6 Å². The Hall–Kier alpha value is -2.98. The Morgan fingerprint density at radius 3 is 2.28 bits per heavy atom. The highest BCUT2D eigenvalue weighted by molar-refractivity contribution is 5.85. The molecule has 14 heteroatoms. The number of hydrogen-bond donors (Lipinski definition) is 4. The number of esters is 1. The standard InChI is InChI=1S/C47H75NO13/c1-28-20-29(2)22-40(58-7)45-41(59-8)24-31(4)47(56,61-45)27-42(52)48-19-13-12-15-35(48)46(55)60-44(30(3)23-33-17-18-36(49)39(25-33)57-6)32(5)37(50)26-38(51)34(21-28)14-10-9-11-16-43(53)54/h9-10,21,23,29,31-37,39-41,44-45,49-50,56H,11-20,22,24-27H2,1-8H3,(H,53,54)/b10-9+,28-21+,30-23+/t29-,31+,32+,33-,34+,35-,36+,37-,39+,40-,41-,44+,45+,47-/m0/s1. The molecule has 1 aliphatic carbocycles. The normalized spacial score (nSPS) is 39.2. The Balaban J connectivity index is 1.76. The van der Waals surface area contributed by atoms with Gasteiger partial charge in [0, 0.05) is 58.5 Å². The Bertz CT molecular complexity index is 1560. The number of allylic oxidation sites excluding steroid dienone is 5. The maximum atomic E-state index is 14.4. The fourth-order valence-corrected chi connectivity index (χ4v) is 9.89. The number of cyclic esters (lactones) is 1. The number of fused-ring (bicyclic) bond motifs is 3. The highest BCUT2D eigenvalue weighted by Crippen LogP contribution is 2.40. The van der Waals surface area contributed by atoms with Crippen molar-refractivity contribution in [2.24, 2.45) is 29.6 Å². The SMILES string of the molecule is CO[C@H]1C[C@@H](C)C/C(C)=C/[C@@H](C/C=C/CCC(=O)O)C(=O)C[C@H](O)[C@@H](C)[C@@H](/C(C)=C/[C@@H]2CC[C@@H](O)[C@H](OC)C2)OC(=O)[C@@H]2CCCCN2C(=O)C[C@]2(O)O[C@H]1[C@@H](OC)C[C@H]2C. The Morgan fingerprint density at radius 1 is 0.918 bits per heavy atom. The van der Waals surface area contributed by atoms with Crippen molar-refractivity contribution in [1.82, 2.24) is 4.90 Å². The fraction of sp³-hybridized carbons (Fsp3) is 0.787. The molecule has 2 saturated heterocycles. The molecule has 4 rings (SSSR count). The zero-order valence-corrected chi connectivity index (χ0v) is 37.8. The highest BCUT2D eigenvalue weighted by atomic mass is 16.7. The summed E-state index contributed by atoms with van der Waals surface area (Å²) in [6, 6.07) is -0.942. The van der Waals surface area contributed by atoms with Crippen LogP contribution in [0.25, 0.3) is 0 Å². The molecule has 14 atom stereocenters. The van der Waals surface area contributed by atoms with Gasteiger partial charge in [-0.05, 0) is 102 Å². The van der Waals surface area contributed by atoms with E-state index >= 15 is 0 Å². The van der Waals surface area contributed by atoms with Crippen LogP contribution in [0.15, 0.2) is 35.5 Å². The van der Waals surface area contributed by atoms with Gasteiger partial charge in [-0.2, -0.15) is 0 Å². The van der Waals surface area contributed by atoms with E-state index in [9.17, 15) is 34.5 Å². The number of carbonyl (C=O) groups excluding carboxylic acids is 3. The van der Waals surface area contributed by atoms with Gasteiger partial charge >= 0.3 is 11.9 Å². The van der Waals surface area contributed by atoms with Gasteiger partial charge in [0.1, 0.15) is 24.0 Å². The van der Waals surface area contributed by atoms with E-state index in [-0.39, 0.29) is 43.0 Å². The van der Waals surface area contributed by atoms with Crippen LogP contribution < -0.4 is 0 Å². The molecule has 4 N–H and O–H groups in total. The molecule has 3 aliphatic heterocycles. The summed E-state index contributed by atoms with van der Waals surface area (Å²) >= 11 is 0. The molecule has 3 heterocycles. The smallest absolute Gasteiger partial charge is 0.329 e. The third kappa shape index (κ3) is 14.0. The molecule has 1 saturated carbocycles. The van der Waals surface area contributed by atoms with Gasteiger partial charge in [0.2, 0.25) is 5.91 Å². The van der Waals surface area contributed by atoms with Crippen molar-refractivity contribution in [2.75, 3.05) is 27.9 Å². The van der Waals surface area contributed by atoms with Crippen molar-refractivity contribution in [3.05, 3.63) is 35.5 Å². The van der Waals surface area contributed by atoms with Gasteiger partial charge < -0.3 is 49.0 Å². The van der Waals surface area contributed by atoms with Crippen molar-refractivity contribution in [1.29, 1.82) is 0 Å². The van der Waals surface area contributed by atoms with Crippen LogP contribution in [0.2, 0.25) is 0 Å². The molecule has 0 aromatic carbocycles. The second-order valence-corrected chi connectivity index (χ2v) is 18.5. The number of ketones is 1. The summed E-state index contributed by atoms with van der Waals surface area (Å²) in [6.45, 7) is 9.74. The largest absolute Gasteiger partial charge is 0.481 e. The Labute approximate surface area is 363 Å². The zero-order chi connectivity index (χ0) is 45.0. The molecule has 0 unspecified atom stereocenters. The van der Waals surface area contributed by atoms with E-state index in [4.69, 9.17) is 28.8 Å². The number of nitrogens with zero attached hydrogens (tertiary/aromatic N) is 1. The zero-order valence-electron chi connectivity index (χ0n) is 37.8. The maximum absolute atomic E-state index is 14.4. The number of ether oxygens (including phenoxy) is 5. The minimum Gasteiger partial charge on any atom is -0.481 e. The number of carboxylic acids is 1. The summed E-state index contributed by atoms with van der Waals surface area (Å²) in [4.78, 5) is 55.5. The van der Waals surface area contributed by atoms with Crippen LogP contribution in [0.3, 0.4) is 0 Å². The average Bonchev–Trinajstić information content (AvgIpc) is 3.21. The number of aliphatic carboxylic acids is 1. The monoisotopic (exact) mass is 862 g/mol. The number of amides is 1. The summed E-state index contributed by atoms with van der Waals surface area (Å²) < 4.78 is 30.3. The molecular weight excluding hydrogens is 787 g/mol. The molecule has 2 bridgehead atoms. The highest BCUT2D eigenvalue weighted by Gasteiger charge is 2.51. The number of carbonyl (C=O) groups is 4.